The highest BCUT2D eigenvalue weighted by atomic mass is 16.5. The summed E-state index contributed by atoms with van der Waals surface area (Å²) < 4.78 is 9.65. The fourth-order valence-electron chi connectivity index (χ4n) is 12.8. The highest BCUT2D eigenvalue weighted by Crippen LogP contribution is 2.59. The minimum atomic E-state index is -0.771. The van der Waals surface area contributed by atoms with E-state index in [2.05, 4.69) is 63.9 Å². The lowest BCUT2D eigenvalue weighted by molar-refractivity contribution is -0.136. The molecule has 2 saturated carbocycles. The summed E-state index contributed by atoms with van der Waals surface area (Å²) in [6.45, 7) is 11.1. The number of H-pyrrole nitrogens is 2. The molecule has 2 aromatic heterocycles. The highest BCUT2D eigenvalue weighted by molar-refractivity contribution is 5.89. The number of methoxy groups -OCH3 is 2. The molecule has 8 atom stereocenters. The van der Waals surface area contributed by atoms with E-state index in [4.69, 9.17) is 19.4 Å². The molecular formula is C56H68N8O7. The average Bonchev–Trinajstić information content (AvgIpc) is 4.25. The Morgan fingerprint density at radius 2 is 1.21 bits per heavy atom. The maximum atomic E-state index is 14.0. The number of amides is 4. The van der Waals surface area contributed by atoms with Crippen molar-refractivity contribution in [2.24, 2.45) is 17.8 Å². The molecule has 4 heterocycles. The van der Waals surface area contributed by atoms with Gasteiger partial charge >= 0.3 is 12.2 Å². The van der Waals surface area contributed by atoms with Crippen molar-refractivity contribution in [3.63, 3.8) is 0 Å². The quantitative estimate of drug-likeness (QED) is 0.0942. The maximum absolute atomic E-state index is 14.0. The van der Waals surface area contributed by atoms with Crippen molar-refractivity contribution in [2.45, 2.75) is 141 Å². The van der Waals surface area contributed by atoms with Crippen LogP contribution >= 0.6 is 0 Å². The number of fused-ring (bicyclic) bond motifs is 6. The van der Waals surface area contributed by atoms with Gasteiger partial charge in [-0.1, -0.05) is 77.4 Å². The van der Waals surface area contributed by atoms with Crippen LogP contribution in [0.4, 0.5) is 9.59 Å². The Bertz CT molecular complexity index is 2940. The Hall–Kier alpha value is -6.51. The second-order valence-corrected chi connectivity index (χ2v) is 21.6. The number of hydrogen-bond acceptors (Lipinski definition) is 9. The minimum Gasteiger partial charge on any atom is -0.453 e. The van der Waals surface area contributed by atoms with E-state index in [-0.39, 0.29) is 35.3 Å². The van der Waals surface area contributed by atoms with E-state index in [1.165, 1.54) is 54.0 Å². The minimum absolute atomic E-state index is 0.117. The Kier molecular flexibility index (Phi) is 13.3. The van der Waals surface area contributed by atoms with Gasteiger partial charge < -0.3 is 39.9 Å². The van der Waals surface area contributed by atoms with Gasteiger partial charge in [0.05, 0.1) is 49.1 Å². The fraction of sp³-hybridized carbons (Fsp3) is 0.518. The second-order valence-electron chi connectivity index (χ2n) is 21.6. The van der Waals surface area contributed by atoms with Crippen LogP contribution in [0, 0.1) is 17.8 Å². The van der Waals surface area contributed by atoms with Crippen molar-refractivity contribution in [3.05, 3.63) is 93.4 Å². The normalized spacial score (nSPS) is 23.4. The smallest absolute Gasteiger partial charge is 0.407 e. The monoisotopic (exact) mass is 965 g/mol. The number of carbonyl (C=O) groups is 4. The molecule has 15 heteroatoms. The molecular weight excluding hydrogens is 897 g/mol. The van der Waals surface area contributed by atoms with E-state index < -0.39 is 30.3 Å². The number of aromatic amines is 2. The molecule has 2 aliphatic heterocycles. The van der Waals surface area contributed by atoms with E-state index in [1.807, 2.05) is 50.9 Å². The number of ether oxygens (including phenoxy) is 2. The van der Waals surface area contributed by atoms with Crippen molar-refractivity contribution in [2.75, 3.05) is 27.3 Å². The molecule has 374 valence electrons. The molecule has 4 N–H and O–H groups in total. The number of benzene rings is 3. The van der Waals surface area contributed by atoms with Crippen LogP contribution in [0.25, 0.3) is 44.4 Å². The molecule has 5 aromatic rings. The lowest BCUT2D eigenvalue weighted by Gasteiger charge is -2.30. The van der Waals surface area contributed by atoms with Gasteiger partial charge in [0, 0.05) is 18.7 Å². The largest absolute Gasteiger partial charge is 0.453 e. The third kappa shape index (κ3) is 8.98. The Labute approximate surface area is 415 Å². The summed E-state index contributed by atoms with van der Waals surface area (Å²) in [7, 11) is 2.59. The third-order valence-corrected chi connectivity index (χ3v) is 16.4. The molecule has 4 unspecified atom stereocenters. The third-order valence-electron chi connectivity index (χ3n) is 16.4. The zero-order valence-electron chi connectivity index (χ0n) is 42.1. The van der Waals surface area contributed by atoms with Crippen molar-refractivity contribution in [3.8, 4) is 33.5 Å². The molecule has 3 aromatic carbocycles. The van der Waals surface area contributed by atoms with Crippen molar-refractivity contribution < 1.29 is 28.7 Å². The molecule has 10 rings (SSSR count). The summed E-state index contributed by atoms with van der Waals surface area (Å²) in [6, 6.07) is 15.4. The molecule has 4 fully saturated rings. The van der Waals surface area contributed by atoms with Gasteiger partial charge in [-0.2, -0.15) is 0 Å². The molecule has 4 amide bonds. The summed E-state index contributed by atoms with van der Waals surface area (Å²) in [4.78, 5) is 86.3. The van der Waals surface area contributed by atoms with E-state index in [9.17, 15) is 24.0 Å². The number of nitrogens with zero attached hydrogens (tertiary/aromatic N) is 4. The number of rotatable bonds is 12. The number of aromatic nitrogens is 4. The Morgan fingerprint density at radius 1 is 0.662 bits per heavy atom. The first-order valence-corrected chi connectivity index (χ1v) is 25.9. The zero-order chi connectivity index (χ0) is 49.8. The summed E-state index contributed by atoms with van der Waals surface area (Å²) >= 11 is 0. The summed E-state index contributed by atoms with van der Waals surface area (Å²) in [5.41, 5.74) is 11.2. The first-order chi connectivity index (χ1) is 34.2. The first kappa shape index (κ1) is 48.1. The Balaban J connectivity index is 0.957. The van der Waals surface area contributed by atoms with Gasteiger partial charge in [0.15, 0.2) is 0 Å². The standard InChI is InChI=1S/C56H68N8O7/c1-29(2)48(60-55(68)70-6)53(66)63-22-8-10-44(63)50-57-28-43(59-50)39-18-16-33(26-40(39)32-13-12-31(5)24-32)37-19-20-38(47-36-15-14-35(25-36)46(37)47)34-17-21-42-41(27-34)52(65)62-51(58-42)45-11-9-23-64(45)54(67)49(30(3)4)61-56(69)71-7/h16-21,26-32,35-36,44-45,48-49H,8-15,22-25H2,1-7H3,(H,57,59)(H,60,68)(H,61,69)(H,58,62,65)/t31?,32?,35?,36?,44-,45-,48-,49-/m0/s1. The number of likely N-dealkylation sites (tertiary alicyclic amines) is 2. The zero-order valence-corrected chi connectivity index (χ0v) is 42.1. The van der Waals surface area contributed by atoms with Crippen LogP contribution in [-0.4, -0.2) is 93.1 Å². The van der Waals surface area contributed by atoms with Crippen LogP contribution in [0.15, 0.2) is 59.5 Å². The van der Waals surface area contributed by atoms with Gasteiger partial charge in [0.2, 0.25) is 11.8 Å². The first-order valence-electron chi connectivity index (χ1n) is 25.9. The molecule has 2 saturated heterocycles. The van der Waals surface area contributed by atoms with E-state index in [0.29, 0.717) is 59.9 Å². The molecule has 15 nitrogen and oxygen atoms in total. The summed E-state index contributed by atoms with van der Waals surface area (Å²) in [5.74, 6) is 2.52. The van der Waals surface area contributed by atoms with Crippen LogP contribution in [0.1, 0.15) is 157 Å². The van der Waals surface area contributed by atoms with Crippen LogP contribution in [0.2, 0.25) is 0 Å². The van der Waals surface area contributed by atoms with Crippen LogP contribution in [0.5, 0.6) is 0 Å². The number of carbonyl (C=O) groups excluding carboxylic acids is 4. The van der Waals surface area contributed by atoms with Crippen LogP contribution in [-0.2, 0) is 19.1 Å². The molecule has 3 aliphatic carbocycles. The van der Waals surface area contributed by atoms with Gasteiger partial charge in [0.25, 0.3) is 5.56 Å². The molecule has 5 aliphatic rings. The summed E-state index contributed by atoms with van der Waals surface area (Å²) in [5, 5.41) is 5.96. The van der Waals surface area contributed by atoms with E-state index in [0.717, 1.165) is 74.0 Å². The van der Waals surface area contributed by atoms with E-state index in [1.54, 1.807) is 4.90 Å². The predicted octanol–water partition coefficient (Wildman–Crippen LogP) is 10.0. The average molecular weight is 965 g/mol. The molecule has 0 radical (unpaired) electrons. The number of nitrogens with one attached hydrogen (secondary N) is 4. The highest BCUT2D eigenvalue weighted by Gasteiger charge is 2.42. The number of hydrogen-bond donors (Lipinski definition) is 4. The van der Waals surface area contributed by atoms with Gasteiger partial charge in [0.1, 0.15) is 23.7 Å². The Morgan fingerprint density at radius 3 is 1.77 bits per heavy atom. The fourth-order valence-corrected chi connectivity index (χ4v) is 12.8. The lowest BCUT2D eigenvalue weighted by atomic mass is 9.80. The van der Waals surface area contributed by atoms with Gasteiger partial charge in [-0.3, -0.25) is 14.4 Å². The topological polar surface area (TPSA) is 192 Å². The van der Waals surface area contributed by atoms with Crippen molar-refractivity contribution >= 4 is 34.9 Å². The summed E-state index contributed by atoms with van der Waals surface area (Å²) in [6.07, 6.45) is 10.5. The second kappa shape index (κ2) is 19.6. The molecule has 2 bridgehead atoms. The van der Waals surface area contributed by atoms with Crippen LogP contribution in [0.3, 0.4) is 0 Å². The molecule has 0 spiro atoms. The van der Waals surface area contributed by atoms with Crippen LogP contribution < -0.4 is 16.2 Å². The SMILES string of the molecule is COC(=O)N[C@H](C(=O)N1CCC[C@H]1c1ncc(-c2ccc(-c3ccc(-c4ccc5nc([C@@H]6CCCN6C(=O)[C@@H](NC(=O)OC)C(C)C)[nH]c(=O)c5c4)c4c3C3CCC4C3)cc2C2CCC(C)C2)[nH]1)C(C)C. The predicted molar refractivity (Wildman–Crippen MR) is 272 cm³/mol. The number of alkyl carbamates (subject to hydrolysis) is 2. The number of imidazole rings is 1. The van der Waals surface area contributed by atoms with Gasteiger partial charge in [-0.25, -0.2) is 19.6 Å². The van der Waals surface area contributed by atoms with Crippen molar-refractivity contribution in [1.29, 1.82) is 0 Å². The van der Waals surface area contributed by atoms with Gasteiger partial charge in [-0.05, 0) is 144 Å². The lowest BCUT2D eigenvalue weighted by Crippen LogP contribution is -2.51. The van der Waals surface area contributed by atoms with Gasteiger partial charge in [-0.15, -0.1) is 0 Å². The van der Waals surface area contributed by atoms with E-state index >= 15 is 0 Å². The maximum Gasteiger partial charge on any atom is 0.407 e. The molecule has 71 heavy (non-hydrogen) atoms. The van der Waals surface area contributed by atoms with Crippen molar-refractivity contribution in [1.82, 2.24) is 40.4 Å².